The van der Waals surface area contributed by atoms with Gasteiger partial charge in [0.2, 0.25) is 5.91 Å². The molecule has 0 saturated carbocycles. The molecule has 0 unspecified atom stereocenters. The summed E-state index contributed by atoms with van der Waals surface area (Å²) < 4.78 is 11.3. The van der Waals surface area contributed by atoms with Gasteiger partial charge in [-0.15, -0.1) is 0 Å². The van der Waals surface area contributed by atoms with Crippen molar-refractivity contribution in [1.82, 2.24) is 0 Å². The fraction of sp³-hybridized carbons (Fsp3) is 0.194. The maximum atomic E-state index is 12.7. The zero-order valence-electron chi connectivity index (χ0n) is 21.3. The average Bonchev–Trinajstić information content (AvgIpc) is 3.31. The number of esters is 1. The van der Waals surface area contributed by atoms with Crippen LogP contribution in [0.4, 0.5) is 11.4 Å². The van der Waals surface area contributed by atoms with E-state index < -0.39 is 24.4 Å². The number of anilines is 2. The van der Waals surface area contributed by atoms with Crippen LogP contribution in [-0.2, 0) is 19.1 Å². The van der Waals surface area contributed by atoms with E-state index in [1.807, 2.05) is 68.4 Å². The van der Waals surface area contributed by atoms with Crippen LogP contribution in [0.2, 0.25) is 0 Å². The van der Waals surface area contributed by atoms with Crippen LogP contribution in [0.1, 0.15) is 17.5 Å². The van der Waals surface area contributed by atoms with Crippen molar-refractivity contribution in [2.45, 2.75) is 20.3 Å². The van der Waals surface area contributed by atoms with E-state index in [2.05, 4.69) is 5.32 Å². The number of fused-ring (bicyclic) bond motifs is 1. The van der Waals surface area contributed by atoms with Crippen LogP contribution in [0, 0.1) is 19.8 Å². The van der Waals surface area contributed by atoms with Crippen molar-refractivity contribution in [3.63, 3.8) is 0 Å². The number of nitrogens with zero attached hydrogens (tertiary/aromatic N) is 1. The van der Waals surface area contributed by atoms with Crippen LogP contribution < -0.4 is 15.0 Å². The molecule has 7 heteroatoms. The number of hydrogen-bond acceptors (Lipinski definition) is 5. The van der Waals surface area contributed by atoms with Gasteiger partial charge < -0.3 is 19.7 Å². The quantitative estimate of drug-likeness (QED) is 0.320. The second-order valence-corrected chi connectivity index (χ2v) is 9.43. The number of hydrogen-bond donors (Lipinski definition) is 1. The highest BCUT2D eigenvalue weighted by Gasteiger charge is 2.36. The third-order valence-corrected chi connectivity index (χ3v) is 6.72. The minimum Gasteiger partial charge on any atom is -0.457 e. The molecule has 2 amide bonds. The molecule has 1 saturated heterocycles. The van der Waals surface area contributed by atoms with E-state index in [1.165, 1.54) is 0 Å². The van der Waals surface area contributed by atoms with Gasteiger partial charge in [-0.2, -0.15) is 0 Å². The second kappa shape index (κ2) is 10.8. The maximum absolute atomic E-state index is 12.7. The van der Waals surface area contributed by atoms with Gasteiger partial charge in [0, 0.05) is 29.7 Å². The van der Waals surface area contributed by atoms with Crippen LogP contribution in [-0.4, -0.2) is 30.9 Å². The van der Waals surface area contributed by atoms with Gasteiger partial charge in [0.05, 0.1) is 5.92 Å². The van der Waals surface area contributed by atoms with E-state index in [0.29, 0.717) is 17.1 Å². The van der Waals surface area contributed by atoms with Crippen LogP contribution in [0.5, 0.6) is 11.5 Å². The molecule has 0 aliphatic carbocycles. The van der Waals surface area contributed by atoms with Crippen LogP contribution in [0.3, 0.4) is 0 Å². The Hall–Kier alpha value is -4.65. The molecule has 0 radical (unpaired) electrons. The zero-order chi connectivity index (χ0) is 26.6. The first-order valence-electron chi connectivity index (χ1n) is 12.5. The molecule has 0 spiro atoms. The summed E-state index contributed by atoms with van der Waals surface area (Å²) in [6, 6.07) is 26.6. The summed E-state index contributed by atoms with van der Waals surface area (Å²) in [6.07, 6.45) is 0.0336. The van der Waals surface area contributed by atoms with E-state index in [-0.39, 0.29) is 18.9 Å². The van der Waals surface area contributed by atoms with Gasteiger partial charge in [-0.3, -0.25) is 14.4 Å². The standard InChI is InChI=1S/C31H28N2O5/c1-20-10-11-24(16-21(20)2)32-29(34)19-37-31(36)23-17-30(35)33(18-23)25-12-14-26(15-13-25)38-28-9-5-7-22-6-3-4-8-27(22)28/h3-16,23H,17-19H2,1-2H3,(H,32,34)/t23-/m1/s1. The van der Waals surface area contributed by atoms with Crippen molar-refractivity contribution >= 4 is 39.9 Å². The highest BCUT2D eigenvalue weighted by atomic mass is 16.5. The Bertz CT molecular complexity index is 1510. The Labute approximate surface area is 221 Å². The summed E-state index contributed by atoms with van der Waals surface area (Å²) in [4.78, 5) is 39.0. The molecule has 5 rings (SSSR count). The van der Waals surface area contributed by atoms with E-state index in [9.17, 15) is 14.4 Å². The number of carbonyl (C=O) groups excluding carboxylic acids is 3. The Morgan fingerprint density at radius 3 is 2.47 bits per heavy atom. The van der Waals surface area contributed by atoms with Crippen molar-refractivity contribution < 1.29 is 23.9 Å². The molecule has 1 heterocycles. The first-order valence-corrected chi connectivity index (χ1v) is 12.5. The lowest BCUT2D eigenvalue weighted by atomic mass is 10.1. The molecule has 1 fully saturated rings. The van der Waals surface area contributed by atoms with E-state index >= 15 is 0 Å². The van der Waals surface area contributed by atoms with Gasteiger partial charge in [0.15, 0.2) is 6.61 Å². The number of nitrogens with one attached hydrogen (secondary N) is 1. The number of carbonyl (C=O) groups is 3. The number of aryl methyl sites for hydroxylation is 2. The molecule has 4 aromatic carbocycles. The molecule has 1 atom stereocenters. The molecule has 7 nitrogen and oxygen atoms in total. The van der Waals surface area contributed by atoms with Gasteiger partial charge in [0.1, 0.15) is 11.5 Å². The zero-order valence-corrected chi connectivity index (χ0v) is 21.3. The van der Waals surface area contributed by atoms with Crippen molar-refractivity contribution in [3.8, 4) is 11.5 Å². The van der Waals surface area contributed by atoms with Crippen molar-refractivity contribution in [3.05, 3.63) is 96.1 Å². The fourth-order valence-electron chi connectivity index (χ4n) is 4.49. The predicted octanol–water partition coefficient (Wildman–Crippen LogP) is 5.78. The lowest BCUT2D eigenvalue weighted by Gasteiger charge is -2.17. The van der Waals surface area contributed by atoms with Crippen molar-refractivity contribution in [1.29, 1.82) is 0 Å². The Balaban J connectivity index is 1.16. The molecule has 192 valence electrons. The summed E-state index contributed by atoms with van der Waals surface area (Å²) in [7, 11) is 0. The molecule has 1 N–H and O–H groups in total. The monoisotopic (exact) mass is 508 g/mol. The topological polar surface area (TPSA) is 84.9 Å². The fourth-order valence-corrected chi connectivity index (χ4v) is 4.49. The highest BCUT2D eigenvalue weighted by molar-refractivity contribution is 6.00. The van der Waals surface area contributed by atoms with E-state index in [0.717, 1.165) is 27.6 Å². The van der Waals surface area contributed by atoms with Gasteiger partial charge in [-0.05, 0) is 72.8 Å². The maximum Gasteiger partial charge on any atom is 0.311 e. The van der Waals surface area contributed by atoms with Crippen molar-refractivity contribution in [2.75, 3.05) is 23.4 Å². The molecular weight excluding hydrogens is 480 g/mol. The third-order valence-electron chi connectivity index (χ3n) is 6.72. The van der Waals surface area contributed by atoms with Crippen LogP contribution in [0.15, 0.2) is 84.9 Å². The lowest BCUT2D eigenvalue weighted by molar-refractivity contribution is -0.151. The first-order chi connectivity index (χ1) is 18.4. The minimum atomic E-state index is -0.636. The largest absolute Gasteiger partial charge is 0.457 e. The summed E-state index contributed by atoms with van der Waals surface area (Å²) >= 11 is 0. The summed E-state index contributed by atoms with van der Waals surface area (Å²) in [5, 5.41) is 4.83. The first kappa shape index (κ1) is 25.0. The molecule has 0 bridgehead atoms. The van der Waals surface area contributed by atoms with Gasteiger partial charge in [-0.1, -0.05) is 42.5 Å². The molecule has 0 aromatic heterocycles. The number of ether oxygens (including phenoxy) is 2. The Kier molecular flexibility index (Phi) is 7.09. The van der Waals surface area contributed by atoms with Crippen molar-refractivity contribution in [2.24, 2.45) is 5.92 Å². The van der Waals surface area contributed by atoms with E-state index in [4.69, 9.17) is 9.47 Å². The number of amides is 2. The van der Waals surface area contributed by atoms with Gasteiger partial charge in [-0.25, -0.2) is 0 Å². The smallest absolute Gasteiger partial charge is 0.311 e. The normalized spacial score (nSPS) is 14.9. The Morgan fingerprint density at radius 1 is 0.921 bits per heavy atom. The predicted molar refractivity (Wildman–Crippen MR) is 146 cm³/mol. The summed E-state index contributed by atoms with van der Waals surface area (Å²) in [5.74, 6) is -0.408. The molecule has 1 aliphatic rings. The highest BCUT2D eigenvalue weighted by Crippen LogP contribution is 2.32. The van der Waals surface area contributed by atoms with Gasteiger partial charge in [0.25, 0.3) is 5.91 Å². The minimum absolute atomic E-state index is 0.0336. The summed E-state index contributed by atoms with van der Waals surface area (Å²) in [5.41, 5.74) is 3.49. The third kappa shape index (κ3) is 5.52. The summed E-state index contributed by atoms with van der Waals surface area (Å²) in [6.45, 7) is 3.74. The second-order valence-electron chi connectivity index (χ2n) is 9.43. The molecule has 1 aliphatic heterocycles. The average molecular weight is 509 g/mol. The lowest BCUT2D eigenvalue weighted by Crippen LogP contribution is -2.28. The van der Waals surface area contributed by atoms with E-state index in [1.54, 1.807) is 35.2 Å². The van der Waals surface area contributed by atoms with Crippen LogP contribution >= 0.6 is 0 Å². The number of rotatable bonds is 7. The molecule has 4 aromatic rings. The number of benzene rings is 4. The van der Waals surface area contributed by atoms with Gasteiger partial charge >= 0.3 is 5.97 Å². The Morgan fingerprint density at radius 2 is 1.68 bits per heavy atom. The molecular formula is C31H28N2O5. The SMILES string of the molecule is Cc1ccc(NC(=O)COC(=O)[C@@H]2CC(=O)N(c3ccc(Oc4cccc5ccccc45)cc3)C2)cc1C. The molecule has 38 heavy (non-hydrogen) atoms. The van der Waals surface area contributed by atoms with Crippen LogP contribution in [0.25, 0.3) is 10.8 Å².